The molecule has 23 heavy (non-hydrogen) atoms. The van der Waals surface area contributed by atoms with Crippen molar-refractivity contribution >= 4 is 18.3 Å². The summed E-state index contributed by atoms with van der Waals surface area (Å²) in [6.45, 7) is 3.48. The fourth-order valence-electron chi connectivity index (χ4n) is 2.12. The summed E-state index contributed by atoms with van der Waals surface area (Å²) in [5.74, 6) is 0.840. The van der Waals surface area contributed by atoms with Crippen molar-refractivity contribution in [2.75, 3.05) is 20.2 Å². The third-order valence-electron chi connectivity index (χ3n) is 3.56. The van der Waals surface area contributed by atoms with Gasteiger partial charge < -0.3 is 15.4 Å². The van der Waals surface area contributed by atoms with Crippen LogP contribution in [-0.2, 0) is 6.54 Å². The fraction of sp³-hybridized carbons (Fsp3) is 0.278. The van der Waals surface area contributed by atoms with Crippen LogP contribution in [0.15, 0.2) is 48.5 Å². The summed E-state index contributed by atoms with van der Waals surface area (Å²) < 4.78 is 5.72. The van der Waals surface area contributed by atoms with Crippen molar-refractivity contribution in [2.24, 2.45) is 5.73 Å². The summed E-state index contributed by atoms with van der Waals surface area (Å²) in [5.41, 5.74) is 8.33. The Bertz CT molecular complexity index is 629. The van der Waals surface area contributed by atoms with Crippen molar-refractivity contribution in [2.45, 2.75) is 13.5 Å². The monoisotopic (exact) mass is 334 g/mol. The Morgan fingerprint density at radius 2 is 1.78 bits per heavy atom. The van der Waals surface area contributed by atoms with E-state index in [0.717, 1.165) is 16.9 Å². The number of nitrogens with two attached hydrogens (primary N) is 1. The van der Waals surface area contributed by atoms with Gasteiger partial charge in [-0.05, 0) is 36.2 Å². The van der Waals surface area contributed by atoms with E-state index in [0.29, 0.717) is 25.3 Å². The smallest absolute Gasteiger partial charge is 0.253 e. The Hall–Kier alpha value is -2.04. The highest BCUT2D eigenvalue weighted by atomic mass is 35.5. The number of carbonyl (C=O) groups is 1. The topological polar surface area (TPSA) is 55.6 Å². The molecule has 0 unspecified atom stereocenters. The van der Waals surface area contributed by atoms with Gasteiger partial charge in [-0.3, -0.25) is 4.79 Å². The van der Waals surface area contributed by atoms with Crippen LogP contribution >= 0.6 is 12.4 Å². The van der Waals surface area contributed by atoms with Crippen LogP contribution in [0.3, 0.4) is 0 Å². The second kappa shape index (κ2) is 9.18. The molecular formula is C18H23ClN2O2. The van der Waals surface area contributed by atoms with Gasteiger partial charge in [0.15, 0.2) is 0 Å². The van der Waals surface area contributed by atoms with E-state index in [1.165, 1.54) is 0 Å². The second-order valence-electron chi connectivity index (χ2n) is 5.24. The van der Waals surface area contributed by atoms with Gasteiger partial charge in [0, 0.05) is 19.2 Å². The molecule has 0 fully saturated rings. The molecule has 2 aromatic carbocycles. The number of nitrogens with zero attached hydrogens (tertiary/aromatic N) is 1. The third-order valence-corrected chi connectivity index (χ3v) is 3.56. The van der Waals surface area contributed by atoms with Gasteiger partial charge in [0.2, 0.25) is 0 Å². The van der Waals surface area contributed by atoms with Crippen LogP contribution in [-0.4, -0.2) is 31.0 Å². The predicted octanol–water partition coefficient (Wildman–Crippen LogP) is 3.03. The highest BCUT2D eigenvalue weighted by molar-refractivity contribution is 5.94. The first-order valence-electron chi connectivity index (χ1n) is 7.34. The molecule has 0 heterocycles. The Morgan fingerprint density at radius 1 is 1.13 bits per heavy atom. The van der Waals surface area contributed by atoms with E-state index >= 15 is 0 Å². The lowest BCUT2D eigenvalue weighted by atomic mass is 10.1. The number of likely N-dealkylation sites (N-methyl/N-ethyl adjacent to an activating group) is 1. The Balaban J connectivity index is 0.00000264. The molecule has 124 valence electrons. The number of rotatable bonds is 6. The molecule has 4 nitrogen and oxygen atoms in total. The number of halogens is 1. The maximum absolute atomic E-state index is 12.3. The molecule has 0 radical (unpaired) electrons. The maximum atomic E-state index is 12.3. The summed E-state index contributed by atoms with van der Waals surface area (Å²) in [6.07, 6.45) is 0. The molecular weight excluding hydrogens is 312 g/mol. The SMILES string of the molecule is Cc1ccccc1OCCN(C)C(=O)c1ccc(CN)cc1.Cl. The minimum absolute atomic E-state index is 0. The highest BCUT2D eigenvalue weighted by Crippen LogP contribution is 2.16. The fourth-order valence-corrected chi connectivity index (χ4v) is 2.12. The second-order valence-corrected chi connectivity index (χ2v) is 5.24. The minimum Gasteiger partial charge on any atom is -0.491 e. The number of hydrogen-bond donors (Lipinski definition) is 1. The summed E-state index contributed by atoms with van der Waals surface area (Å²) in [7, 11) is 1.78. The zero-order valence-electron chi connectivity index (χ0n) is 13.5. The summed E-state index contributed by atoms with van der Waals surface area (Å²) in [4.78, 5) is 14.0. The number of carbonyl (C=O) groups excluding carboxylic acids is 1. The maximum Gasteiger partial charge on any atom is 0.253 e. The van der Waals surface area contributed by atoms with Gasteiger partial charge in [-0.1, -0.05) is 30.3 Å². The van der Waals surface area contributed by atoms with E-state index in [1.807, 2.05) is 55.5 Å². The van der Waals surface area contributed by atoms with E-state index in [1.54, 1.807) is 11.9 Å². The Kier molecular flexibility index (Phi) is 7.59. The molecule has 0 bridgehead atoms. The number of aryl methyl sites for hydroxylation is 1. The predicted molar refractivity (Wildman–Crippen MR) is 95.2 cm³/mol. The molecule has 2 N–H and O–H groups in total. The normalized spacial score (nSPS) is 9.87. The Labute approximate surface area is 143 Å². The molecule has 0 aliphatic heterocycles. The van der Waals surface area contributed by atoms with Gasteiger partial charge in [0.1, 0.15) is 12.4 Å². The van der Waals surface area contributed by atoms with Crippen molar-refractivity contribution < 1.29 is 9.53 Å². The van der Waals surface area contributed by atoms with Gasteiger partial charge in [-0.15, -0.1) is 12.4 Å². The standard InChI is InChI=1S/C18H22N2O2.ClH/c1-14-5-3-4-6-17(14)22-12-11-20(2)18(21)16-9-7-15(13-19)8-10-16;/h3-10H,11-13,19H2,1-2H3;1H. The molecule has 0 atom stereocenters. The summed E-state index contributed by atoms with van der Waals surface area (Å²) in [5, 5.41) is 0. The molecule has 2 rings (SSSR count). The van der Waals surface area contributed by atoms with Gasteiger partial charge in [0.25, 0.3) is 5.91 Å². The van der Waals surface area contributed by atoms with Crippen molar-refractivity contribution in [1.82, 2.24) is 4.90 Å². The van der Waals surface area contributed by atoms with E-state index in [-0.39, 0.29) is 18.3 Å². The van der Waals surface area contributed by atoms with Crippen LogP contribution in [0.5, 0.6) is 5.75 Å². The highest BCUT2D eigenvalue weighted by Gasteiger charge is 2.11. The number of hydrogen-bond acceptors (Lipinski definition) is 3. The van der Waals surface area contributed by atoms with E-state index < -0.39 is 0 Å². The lowest BCUT2D eigenvalue weighted by Gasteiger charge is -2.18. The molecule has 0 aliphatic carbocycles. The first-order valence-corrected chi connectivity index (χ1v) is 7.34. The number of ether oxygens (including phenoxy) is 1. The van der Waals surface area contributed by atoms with Gasteiger partial charge >= 0.3 is 0 Å². The van der Waals surface area contributed by atoms with Gasteiger partial charge in [-0.2, -0.15) is 0 Å². The van der Waals surface area contributed by atoms with Crippen molar-refractivity contribution in [3.05, 3.63) is 65.2 Å². The minimum atomic E-state index is -0.0167. The van der Waals surface area contributed by atoms with Crippen LogP contribution in [0, 0.1) is 6.92 Å². The molecule has 0 aromatic heterocycles. The van der Waals surface area contributed by atoms with Crippen LogP contribution in [0.4, 0.5) is 0 Å². The third kappa shape index (κ3) is 5.27. The van der Waals surface area contributed by atoms with E-state index in [4.69, 9.17) is 10.5 Å². The largest absolute Gasteiger partial charge is 0.491 e. The quantitative estimate of drug-likeness (QED) is 0.883. The molecule has 0 saturated heterocycles. The average molecular weight is 335 g/mol. The number of para-hydroxylation sites is 1. The van der Waals surface area contributed by atoms with Gasteiger partial charge in [-0.25, -0.2) is 0 Å². The van der Waals surface area contributed by atoms with Crippen molar-refractivity contribution in [3.63, 3.8) is 0 Å². The van der Waals surface area contributed by atoms with Crippen LogP contribution in [0.1, 0.15) is 21.5 Å². The molecule has 1 amide bonds. The van der Waals surface area contributed by atoms with Crippen LogP contribution < -0.4 is 10.5 Å². The average Bonchev–Trinajstić information content (AvgIpc) is 2.56. The zero-order valence-corrected chi connectivity index (χ0v) is 14.3. The molecule has 0 aliphatic rings. The van der Waals surface area contributed by atoms with Crippen LogP contribution in [0.2, 0.25) is 0 Å². The van der Waals surface area contributed by atoms with Crippen molar-refractivity contribution in [1.29, 1.82) is 0 Å². The molecule has 2 aromatic rings. The first-order chi connectivity index (χ1) is 10.6. The molecule has 5 heteroatoms. The van der Waals surface area contributed by atoms with E-state index in [2.05, 4.69) is 0 Å². The van der Waals surface area contributed by atoms with Crippen LogP contribution in [0.25, 0.3) is 0 Å². The number of benzene rings is 2. The summed E-state index contributed by atoms with van der Waals surface area (Å²) in [6, 6.07) is 15.2. The molecule has 0 spiro atoms. The van der Waals surface area contributed by atoms with Crippen molar-refractivity contribution in [3.8, 4) is 5.75 Å². The lowest BCUT2D eigenvalue weighted by Crippen LogP contribution is -2.30. The lowest BCUT2D eigenvalue weighted by molar-refractivity contribution is 0.0773. The first kappa shape index (κ1) is 19.0. The van der Waals surface area contributed by atoms with Gasteiger partial charge in [0.05, 0.1) is 6.54 Å². The Morgan fingerprint density at radius 3 is 2.39 bits per heavy atom. The zero-order chi connectivity index (χ0) is 15.9. The van der Waals surface area contributed by atoms with E-state index in [9.17, 15) is 4.79 Å². The molecule has 0 saturated carbocycles. The number of amides is 1. The summed E-state index contributed by atoms with van der Waals surface area (Å²) >= 11 is 0.